The molecule has 1 atom stereocenters. The second-order valence-electron chi connectivity index (χ2n) is 5.66. The minimum Gasteiger partial charge on any atom is -0.379 e. The number of carbonyl (C=O) groups is 1. The van der Waals surface area contributed by atoms with Crippen molar-refractivity contribution in [2.24, 2.45) is 0 Å². The Bertz CT molecular complexity index is 479. The van der Waals surface area contributed by atoms with Crippen molar-refractivity contribution in [3.05, 3.63) is 17.0 Å². The highest BCUT2D eigenvalue weighted by Crippen LogP contribution is 2.24. The van der Waals surface area contributed by atoms with Crippen LogP contribution in [-0.4, -0.2) is 29.9 Å². The van der Waals surface area contributed by atoms with E-state index in [9.17, 15) is 4.79 Å². The van der Waals surface area contributed by atoms with Gasteiger partial charge in [-0.25, -0.2) is 4.79 Å². The largest absolute Gasteiger partial charge is 0.379 e. The zero-order chi connectivity index (χ0) is 15.3. The van der Waals surface area contributed by atoms with Crippen molar-refractivity contribution in [1.29, 1.82) is 0 Å². The van der Waals surface area contributed by atoms with Crippen LogP contribution in [0, 0.1) is 6.92 Å². The molecule has 6 heteroatoms. The Labute approximate surface area is 125 Å². The van der Waals surface area contributed by atoms with Crippen LogP contribution in [0.25, 0.3) is 0 Å². The maximum absolute atomic E-state index is 12.2. The molecule has 1 fully saturated rings. The zero-order valence-electron chi connectivity index (χ0n) is 13.1. The lowest BCUT2D eigenvalue weighted by Crippen LogP contribution is -2.52. The predicted octanol–water partition coefficient (Wildman–Crippen LogP) is 2.30. The number of urea groups is 1. The molecule has 0 aromatic carbocycles. The van der Waals surface area contributed by atoms with E-state index in [4.69, 9.17) is 9.26 Å². The summed E-state index contributed by atoms with van der Waals surface area (Å²) >= 11 is 0. The van der Waals surface area contributed by atoms with Gasteiger partial charge in [0.05, 0.1) is 17.8 Å². The van der Waals surface area contributed by atoms with Gasteiger partial charge in [-0.15, -0.1) is 0 Å². The summed E-state index contributed by atoms with van der Waals surface area (Å²) in [7, 11) is 0. The highest BCUT2D eigenvalue weighted by Gasteiger charge is 2.35. The van der Waals surface area contributed by atoms with Gasteiger partial charge in [0.1, 0.15) is 5.76 Å². The van der Waals surface area contributed by atoms with E-state index in [0.29, 0.717) is 19.8 Å². The summed E-state index contributed by atoms with van der Waals surface area (Å²) in [4.78, 5) is 12.2. The Morgan fingerprint density at radius 2 is 2.24 bits per heavy atom. The molecule has 0 bridgehead atoms. The fourth-order valence-electron chi connectivity index (χ4n) is 2.84. The number of hydrogen-bond acceptors (Lipinski definition) is 4. The Morgan fingerprint density at radius 1 is 1.43 bits per heavy atom. The number of rotatable bonds is 6. The Kier molecular flexibility index (Phi) is 5.22. The van der Waals surface area contributed by atoms with Crippen molar-refractivity contribution >= 4 is 6.03 Å². The summed E-state index contributed by atoms with van der Waals surface area (Å²) in [6.07, 6.45) is 3.63. The van der Waals surface area contributed by atoms with E-state index >= 15 is 0 Å². The first-order valence-electron chi connectivity index (χ1n) is 7.68. The van der Waals surface area contributed by atoms with Gasteiger partial charge in [-0.1, -0.05) is 25.4 Å². The molecule has 0 spiro atoms. The summed E-state index contributed by atoms with van der Waals surface area (Å²) in [5, 5.41) is 9.98. The van der Waals surface area contributed by atoms with Crippen molar-refractivity contribution in [3.8, 4) is 0 Å². The lowest BCUT2D eigenvalue weighted by molar-refractivity contribution is 0.161. The SMILES string of the molecule is CCCC1(NC(=O)NCc2c(CC)noc2C)CCOC1. The molecule has 21 heavy (non-hydrogen) atoms. The molecule has 2 amide bonds. The van der Waals surface area contributed by atoms with E-state index in [1.54, 1.807) is 0 Å². The highest BCUT2D eigenvalue weighted by molar-refractivity contribution is 5.75. The van der Waals surface area contributed by atoms with Crippen LogP contribution in [0.5, 0.6) is 0 Å². The normalized spacial score (nSPS) is 21.5. The van der Waals surface area contributed by atoms with E-state index in [-0.39, 0.29) is 11.6 Å². The first-order valence-corrected chi connectivity index (χ1v) is 7.68. The average Bonchev–Trinajstić information content (AvgIpc) is 3.04. The number of nitrogens with zero attached hydrogens (tertiary/aromatic N) is 1. The van der Waals surface area contributed by atoms with Crippen LogP contribution in [-0.2, 0) is 17.7 Å². The fourth-order valence-corrected chi connectivity index (χ4v) is 2.84. The molecule has 2 heterocycles. The van der Waals surface area contributed by atoms with Crippen LogP contribution < -0.4 is 10.6 Å². The van der Waals surface area contributed by atoms with Gasteiger partial charge >= 0.3 is 6.03 Å². The van der Waals surface area contributed by atoms with Crippen LogP contribution in [0.1, 0.15) is 50.1 Å². The quantitative estimate of drug-likeness (QED) is 0.844. The van der Waals surface area contributed by atoms with Crippen molar-refractivity contribution in [1.82, 2.24) is 15.8 Å². The summed E-state index contributed by atoms with van der Waals surface area (Å²) in [5.74, 6) is 0.764. The van der Waals surface area contributed by atoms with E-state index in [1.807, 2.05) is 13.8 Å². The molecule has 1 unspecified atom stereocenters. The smallest absolute Gasteiger partial charge is 0.315 e. The van der Waals surface area contributed by atoms with Gasteiger partial charge in [0.15, 0.2) is 0 Å². The number of aromatic nitrogens is 1. The first-order chi connectivity index (χ1) is 10.1. The van der Waals surface area contributed by atoms with Gasteiger partial charge in [-0.3, -0.25) is 0 Å². The molecule has 1 aromatic rings. The third-order valence-electron chi connectivity index (χ3n) is 4.04. The van der Waals surface area contributed by atoms with Crippen LogP contribution in [0.15, 0.2) is 4.52 Å². The number of nitrogens with one attached hydrogen (secondary N) is 2. The number of amides is 2. The lowest BCUT2D eigenvalue weighted by Gasteiger charge is -2.28. The minimum atomic E-state index is -0.212. The molecule has 0 saturated carbocycles. The topological polar surface area (TPSA) is 76.4 Å². The number of aryl methyl sites for hydroxylation is 2. The Balaban J connectivity index is 1.91. The number of hydrogen-bond donors (Lipinski definition) is 2. The van der Waals surface area contributed by atoms with Crippen molar-refractivity contribution in [2.45, 2.75) is 58.5 Å². The standard InChI is InChI=1S/C15H25N3O3/c1-4-6-15(7-8-20-10-15)17-14(19)16-9-12-11(3)21-18-13(12)5-2/h4-10H2,1-3H3,(H2,16,17,19). The third-order valence-corrected chi connectivity index (χ3v) is 4.04. The lowest BCUT2D eigenvalue weighted by atomic mass is 9.93. The number of ether oxygens (including phenoxy) is 1. The van der Waals surface area contributed by atoms with Crippen LogP contribution in [0.3, 0.4) is 0 Å². The molecule has 6 nitrogen and oxygen atoms in total. The monoisotopic (exact) mass is 295 g/mol. The van der Waals surface area contributed by atoms with Crippen molar-refractivity contribution in [3.63, 3.8) is 0 Å². The highest BCUT2D eigenvalue weighted by atomic mass is 16.5. The molecule has 1 aliphatic rings. The molecule has 0 radical (unpaired) electrons. The molecule has 1 saturated heterocycles. The van der Waals surface area contributed by atoms with E-state index < -0.39 is 0 Å². The molecule has 2 rings (SSSR count). The predicted molar refractivity (Wildman–Crippen MR) is 79.1 cm³/mol. The molecule has 0 aliphatic carbocycles. The summed E-state index contributed by atoms with van der Waals surface area (Å²) in [5.41, 5.74) is 1.66. The van der Waals surface area contributed by atoms with Crippen LogP contribution in [0.4, 0.5) is 4.79 Å². The zero-order valence-corrected chi connectivity index (χ0v) is 13.1. The maximum Gasteiger partial charge on any atom is 0.315 e. The van der Waals surface area contributed by atoms with E-state index in [2.05, 4.69) is 22.7 Å². The molecular weight excluding hydrogens is 270 g/mol. The third kappa shape index (κ3) is 3.75. The number of carbonyl (C=O) groups excluding carboxylic acids is 1. The van der Waals surface area contributed by atoms with Gasteiger partial charge in [0.2, 0.25) is 0 Å². The molecule has 1 aromatic heterocycles. The van der Waals surface area contributed by atoms with Gasteiger partial charge in [-0.05, 0) is 26.2 Å². The van der Waals surface area contributed by atoms with E-state index in [0.717, 1.165) is 42.7 Å². The van der Waals surface area contributed by atoms with Crippen LogP contribution >= 0.6 is 0 Å². The summed E-state index contributed by atoms with van der Waals surface area (Å²) in [6.45, 7) is 7.75. The molecule has 2 N–H and O–H groups in total. The second-order valence-corrected chi connectivity index (χ2v) is 5.66. The van der Waals surface area contributed by atoms with E-state index in [1.165, 1.54) is 0 Å². The maximum atomic E-state index is 12.2. The van der Waals surface area contributed by atoms with Crippen LogP contribution in [0.2, 0.25) is 0 Å². The molecule has 118 valence electrons. The molecular formula is C15H25N3O3. The van der Waals surface area contributed by atoms with Crippen molar-refractivity contribution < 1.29 is 14.1 Å². The van der Waals surface area contributed by atoms with Gasteiger partial charge < -0.3 is 19.9 Å². The Morgan fingerprint density at radius 3 is 2.86 bits per heavy atom. The first kappa shape index (κ1) is 15.8. The van der Waals surface area contributed by atoms with Gasteiger partial charge in [0.25, 0.3) is 0 Å². The average molecular weight is 295 g/mol. The van der Waals surface area contributed by atoms with Gasteiger partial charge in [-0.2, -0.15) is 0 Å². The fraction of sp³-hybridized carbons (Fsp3) is 0.733. The summed E-state index contributed by atoms with van der Waals surface area (Å²) in [6, 6.07) is -0.156. The molecule has 1 aliphatic heterocycles. The van der Waals surface area contributed by atoms with Gasteiger partial charge in [0, 0.05) is 18.7 Å². The second kappa shape index (κ2) is 6.93. The summed E-state index contributed by atoms with van der Waals surface area (Å²) < 4.78 is 10.6. The van der Waals surface area contributed by atoms with Crippen molar-refractivity contribution in [2.75, 3.05) is 13.2 Å². The Hall–Kier alpha value is -1.56. The minimum absolute atomic E-state index is 0.156.